The Labute approximate surface area is 213 Å². The lowest BCUT2D eigenvalue weighted by atomic mass is 10.1. The summed E-state index contributed by atoms with van der Waals surface area (Å²) in [5.41, 5.74) is 4.39. The van der Waals surface area contributed by atoms with Crippen molar-refractivity contribution in [3.63, 3.8) is 0 Å². The first-order valence-corrected chi connectivity index (χ1v) is 12.8. The molecule has 1 heterocycles. The minimum absolute atomic E-state index is 0.0596. The van der Waals surface area contributed by atoms with Gasteiger partial charge in [0.1, 0.15) is 11.6 Å². The van der Waals surface area contributed by atoms with Gasteiger partial charge in [0.15, 0.2) is 0 Å². The van der Waals surface area contributed by atoms with E-state index < -0.39 is 0 Å². The van der Waals surface area contributed by atoms with Crippen molar-refractivity contribution >= 4 is 16.9 Å². The molecule has 5 heteroatoms. The zero-order valence-corrected chi connectivity index (χ0v) is 20.9. The van der Waals surface area contributed by atoms with Gasteiger partial charge in [-0.3, -0.25) is 4.79 Å². The Bertz CT molecular complexity index is 1260. The third kappa shape index (κ3) is 7.08. The Hall–Kier alpha value is -3.86. The summed E-state index contributed by atoms with van der Waals surface area (Å²) >= 11 is 0. The molecule has 36 heavy (non-hydrogen) atoms. The minimum Gasteiger partial charge on any atom is -0.493 e. The highest BCUT2D eigenvalue weighted by Crippen LogP contribution is 2.20. The number of ether oxygens (including phenoxy) is 1. The van der Waals surface area contributed by atoms with Crippen LogP contribution in [0.25, 0.3) is 11.0 Å². The number of para-hydroxylation sites is 3. The number of carbonyl (C=O) groups excluding carboxylic acids is 1. The van der Waals surface area contributed by atoms with Crippen molar-refractivity contribution in [2.24, 2.45) is 0 Å². The van der Waals surface area contributed by atoms with E-state index in [1.807, 2.05) is 60.7 Å². The van der Waals surface area contributed by atoms with E-state index >= 15 is 0 Å². The average molecular weight is 482 g/mol. The molecular formula is C31H35N3O2. The first-order valence-electron chi connectivity index (χ1n) is 12.8. The fraction of sp³-hybridized carbons (Fsp3) is 0.290. The lowest BCUT2D eigenvalue weighted by molar-refractivity contribution is -0.120. The van der Waals surface area contributed by atoms with Crippen LogP contribution in [0.4, 0.5) is 0 Å². The van der Waals surface area contributed by atoms with E-state index in [0.717, 1.165) is 66.8 Å². The van der Waals surface area contributed by atoms with Crippen molar-refractivity contribution in [3.8, 4) is 5.75 Å². The van der Waals surface area contributed by atoms with Crippen LogP contribution in [-0.2, 0) is 30.6 Å². The highest BCUT2D eigenvalue weighted by Gasteiger charge is 2.11. The zero-order chi connectivity index (χ0) is 25.0. The van der Waals surface area contributed by atoms with Crippen LogP contribution in [0.1, 0.15) is 36.2 Å². The Kier molecular flexibility index (Phi) is 9.32. The number of unbranched alkanes of at least 4 members (excludes halogenated alkanes) is 1. The van der Waals surface area contributed by atoms with E-state index in [9.17, 15) is 4.79 Å². The number of hydrogen-bond donors (Lipinski definition) is 1. The molecule has 4 rings (SSSR count). The maximum atomic E-state index is 12.2. The topological polar surface area (TPSA) is 56.1 Å². The number of fused-ring (bicyclic) bond motifs is 1. The molecule has 3 aromatic carbocycles. The predicted molar refractivity (Wildman–Crippen MR) is 146 cm³/mol. The van der Waals surface area contributed by atoms with Gasteiger partial charge in [0, 0.05) is 19.5 Å². The summed E-state index contributed by atoms with van der Waals surface area (Å²) in [5, 5.41) is 3.04. The monoisotopic (exact) mass is 481 g/mol. The van der Waals surface area contributed by atoms with Gasteiger partial charge in [-0.05, 0) is 55.0 Å². The number of nitrogens with one attached hydrogen (secondary N) is 1. The van der Waals surface area contributed by atoms with Gasteiger partial charge in [-0.2, -0.15) is 0 Å². The number of aryl methyl sites for hydroxylation is 2. The molecule has 0 radical (unpaired) electrons. The minimum atomic E-state index is 0.0596. The van der Waals surface area contributed by atoms with Crippen LogP contribution >= 0.6 is 0 Å². The van der Waals surface area contributed by atoms with Gasteiger partial charge in [-0.25, -0.2) is 4.98 Å². The number of carbonyl (C=O) groups is 1. The molecule has 0 spiro atoms. The second kappa shape index (κ2) is 13.3. The Morgan fingerprint density at radius 2 is 1.72 bits per heavy atom. The maximum absolute atomic E-state index is 12.2. The number of amides is 1. The molecule has 0 aliphatic carbocycles. The van der Waals surface area contributed by atoms with Crippen LogP contribution in [0.2, 0.25) is 0 Å². The van der Waals surface area contributed by atoms with Crippen LogP contribution in [0.3, 0.4) is 0 Å². The molecule has 1 amide bonds. The molecule has 0 aliphatic heterocycles. The van der Waals surface area contributed by atoms with Crippen molar-refractivity contribution in [2.45, 2.75) is 45.1 Å². The molecule has 0 fully saturated rings. The average Bonchev–Trinajstić information content (AvgIpc) is 3.25. The molecule has 1 aromatic heterocycles. The summed E-state index contributed by atoms with van der Waals surface area (Å²) in [5.74, 6) is 2.08. The van der Waals surface area contributed by atoms with Crippen LogP contribution in [0.15, 0.2) is 91.5 Å². The molecule has 0 saturated heterocycles. The van der Waals surface area contributed by atoms with Crippen LogP contribution < -0.4 is 10.1 Å². The van der Waals surface area contributed by atoms with Gasteiger partial charge < -0.3 is 14.6 Å². The standard InChI is InChI=1S/C31H35N3O2/c1-2-13-26-16-6-9-19-29(26)36-23-11-10-22-34-28-18-8-7-17-27(28)33-30(34)20-12-21-32-31(35)24-25-14-4-3-5-15-25/h2-9,14-19H,1,10-13,20-24H2,(H,32,35). The molecule has 186 valence electrons. The molecule has 1 N–H and O–H groups in total. The summed E-state index contributed by atoms with van der Waals surface area (Å²) in [7, 11) is 0. The molecule has 0 bridgehead atoms. The van der Waals surface area contributed by atoms with Crippen molar-refractivity contribution in [1.82, 2.24) is 14.9 Å². The number of rotatable bonds is 14. The second-order valence-corrected chi connectivity index (χ2v) is 8.94. The van der Waals surface area contributed by atoms with Gasteiger partial charge in [-0.1, -0.05) is 66.7 Å². The van der Waals surface area contributed by atoms with Crippen LogP contribution in [0.5, 0.6) is 5.75 Å². The third-order valence-corrected chi connectivity index (χ3v) is 6.21. The van der Waals surface area contributed by atoms with Gasteiger partial charge in [0.05, 0.1) is 24.1 Å². The fourth-order valence-electron chi connectivity index (χ4n) is 4.41. The van der Waals surface area contributed by atoms with E-state index in [-0.39, 0.29) is 5.91 Å². The second-order valence-electron chi connectivity index (χ2n) is 8.94. The van der Waals surface area contributed by atoms with E-state index in [0.29, 0.717) is 19.6 Å². The van der Waals surface area contributed by atoms with Crippen molar-refractivity contribution in [1.29, 1.82) is 0 Å². The van der Waals surface area contributed by atoms with Crippen molar-refractivity contribution in [3.05, 3.63) is 108 Å². The SMILES string of the molecule is C=CCc1ccccc1OCCCCn1c(CCCNC(=O)Cc2ccccc2)nc2ccccc21. The first-order chi connectivity index (χ1) is 17.7. The number of nitrogens with zero attached hydrogens (tertiary/aromatic N) is 2. The maximum Gasteiger partial charge on any atom is 0.224 e. The quantitative estimate of drug-likeness (QED) is 0.180. The van der Waals surface area contributed by atoms with Crippen LogP contribution in [0, 0.1) is 0 Å². The summed E-state index contributed by atoms with van der Waals surface area (Å²) in [4.78, 5) is 17.1. The molecule has 0 aliphatic rings. The van der Waals surface area contributed by atoms with Gasteiger partial charge in [0.25, 0.3) is 0 Å². The van der Waals surface area contributed by atoms with Crippen molar-refractivity contribution in [2.75, 3.05) is 13.2 Å². The summed E-state index contributed by atoms with van der Waals surface area (Å²) in [6.07, 6.45) is 6.78. The number of allylic oxidation sites excluding steroid dienone is 1. The van der Waals surface area contributed by atoms with Crippen LogP contribution in [-0.4, -0.2) is 28.6 Å². The Morgan fingerprint density at radius 1 is 0.944 bits per heavy atom. The summed E-state index contributed by atoms with van der Waals surface area (Å²) < 4.78 is 8.38. The smallest absolute Gasteiger partial charge is 0.224 e. The Balaban J connectivity index is 1.27. The normalized spacial score (nSPS) is 10.9. The van der Waals surface area contributed by atoms with Gasteiger partial charge in [-0.15, -0.1) is 6.58 Å². The molecule has 4 aromatic rings. The van der Waals surface area contributed by atoms with E-state index in [4.69, 9.17) is 9.72 Å². The third-order valence-electron chi connectivity index (χ3n) is 6.21. The lowest BCUT2D eigenvalue weighted by Crippen LogP contribution is -2.26. The van der Waals surface area contributed by atoms with E-state index in [1.165, 1.54) is 5.56 Å². The Morgan fingerprint density at radius 3 is 2.58 bits per heavy atom. The number of imidazole rings is 1. The largest absolute Gasteiger partial charge is 0.493 e. The molecule has 0 unspecified atom stereocenters. The van der Waals surface area contributed by atoms with E-state index in [1.54, 1.807) is 0 Å². The highest BCUT2D eigenvalue weighted by molar-refractivity contribution is 5.78. The fourth-order valence-corrected chi connectivity index (χ4v) is 4.41. The highest BCUT2D eigenvalue weighted by atomic mass is 16.5. The molecule has 5 nitrogen and oxygen atoms in total. The molecule has 0 atom stereocenters. The van der Waals surface area contributed by atoms with Gasteiger partial charge in [0.2, 0.25) is 5.91 Å². The summed E-state index contributed by atoms with van der Waals surface area (Å²) in [6.45, 7) is 6.06. The van der Waals surface area contributed by atoms with Gasteiger partial charge >= 0.3 is 0 Å². The lowest BCUT2D eigenvalue weighted by Gasteiger charge is -2.12. The molecular weight excluding hydrogens is 446 g/mol. The van der Waals surface area contributed by atoms with Crippen molar-refractivity contribution < 1.29 is 9.53 Å². The van der Waals surface area contributed by atoms with E-state index in [2.05, 4.69) is 40.7 Å². The predicted octanol–water partition coefficient (Wildman–Crippen LogP) is 5.92. The number of benzene rings is 3. The molecule has 0 saturated carbocycles. The number of aromatic nitrogens is 2. The zero-order valence-electron chi connectivity index (χ0n) is 20.9. The summed E-state index contributed by atoms with van der Waals surface area (Å²) in [6, 6.07) is 26.3. The number of hydrogen-bond acceptors (Lipinski definition) is 3. The first kappa shape index (κ1) is 25.2.